The van der Waals surface area contributed by atoms with Gasteiger partial charge in [-0.15, -0.1) is 0 Å². The largest absolute Gasteiger partial charge is 0.321 e. The summed E-state index contributed by atoms with van der Waals surface area (Å²) in [5.41, 5.74) is 0.897. The number of hydrogen-bond donors (Lipinski definition) is 2. The number of halogens is 1. The Morgan fingerprint density at radius 3 is 2.73 bits per heavy atom. The van der Waals surface area contributed by atoms with Crippen LogP contribution in [0.15, 0.2) is 30.7 Å². The molecule has 2 rings (SSSR count). The van der Waals surface area contributed by atoms with Crippen LogP contribution in [0.3, 0.4) is 0 Å². The molecule has 0 saturated carbocycles. The first-order valence-corrected chi connectivity index (χ1v) is 4.55. The summed E-state index contributed by atoms with van der Waals surface area (Å²) in [5.74, 6) is -0.330. The second-order valence-electron chi connectivity index (χ2n) is 2.78. The number of carbonyl (C=O) groups is 1. The fourth-order valence-corrected chi connectivity index (χ4v) is 1.24. The molecule has 0 aliphatic rings. The van der Waals surface area contributed by atoms with Gasteiger partial charge in [-0.25, -0.2) is 0 Å². The molecular weight excluding hydrogens is 216 g/mol. The zero-order valence-corrected chi connectivity index (χ0v) is 8.32. The molecule has 0 atom stereocenters. The normalized spacial score (nSPS) is 9.93. The molecule has 2 aromatic rings. The van der Waals surface area contributed by atoms with Crippen LogP contribution >= 0.6 is 11.6 Å². The third-order valence-electron chi connectivity index (χ3n) is 1.76. The van der Waals surface area contributed by atoms with Crippen molar-refractivity contribution in [1.29, 1.82) is 0 Å². The van der Waals surface area contributed by atoms with E-state index in [2.05, 4.69) is 20.5 Å². The molecule has 0 bridgehead atoms. The molecule has 2 heterocycles. The van der Waals surface area contributed by atoms with Gasteiger partial charge in [0.15, 0.2) is 0 Å². The number of rotatable bonds is 2. The Morgan fingerprint density at radius 2 is 2.13 bits per heavy atom. The third kappa shape index (κ3) is 2.13. The first-order chi connectivity index (χ1) is 7.27. The Bertz CT molecular complexity index is 468. The topological polar surface area (TPSA) is 70.7 Å². The van der Waals surface area contributed by atoms with E-state index in [1.165, 1.54) is 6.20 Å². The number of amides is 1. The van der Waals surface area contributed by atoms with Crippen molar-refractivity contribution in [1.82, 2.24) is 15.2 Å². The SMILES string of the molecule is O=C(Nc1ccncc1)c1[nH]ncc1Cl. The molecular formula is C9H7ClN4O. The van der Waals surface area contributed by atoms with Crippen LogP contribution in [0.5, 0.6) is 0 Å². The smallest absolute Gasteiger partial charge is 0.275 e. The maximum absolute atomic E-state index is 11.6. The van der Waals surface area contributed by atoms with Gasteiger partial charge in [0, 0.05) is 18.1 Å². The van der Waals surface area contributed by atoms with Crippen molar-refractivity contribution in [2.24, 2.45) is 0 Å². The standard InChI is InChI=1S/C9H7ClN4O/c10-7-5-12-14-8(7)9(15)13-6-1-3-11-4-2-6/h1-5H,(H,12,14)(H,11,13,15). The Labute approximate surface area is 90.5 Å². The van der Waals surface area contributed by atoms with Gasteiger partial charge in [0.05, 0.1) is 11.2 Å². The Hall–Kier alpha value is -1.88. The molecule has 0 saturated heterocycles. The number of nitrogens with zero attached hydrogens (tertiary/aromatic N) is 2. The molecule has 0 radical (unpaired) electrons. The quantitative estimate of drug-likeness (QED) is 0.813. The van der Waals surface area contributed by atoms with E-state index in [0.717, 1.165) is 0 Å². The number of H-pyrrole nitrogens is 1. The lowest BCUT2D eigenvalue weighted by Crippen LogP contribution is -2.12. The van der Waals surface area contributed by atoms with Crippen LogP contribution in [0.1, 0.15) is 10.5 Å². The lowest BCUT2D eigenvalue weighted by atomic mass is 10.3. The van der Waals surface area contributed by atoms with E-state index < -0.39 is 0 Å². The molecule has 0 fully saturated rings. The van der Waals surface area contributed by atoms with Crippen molar-refractivity contribution in [2.75, 3.05) is 5.32 Å². The van der Waals surface area contributed by atoms with Crippen LogP contribution in [0.25, 0.3) is 0 Å². The highest BCUT2D eigenvalue weighted by Gasteiger charge is 2.11. The van der Waals surface area contributed by atoms with E-state index in [0.29, 0.717) is 10.7 Å². The van der Waals surface area contributed by atoms with Crippen LogP contribution in [-0.2, 0) is 0 Å². The van der Waals surface area contributed by atoms with Gasteiger partial charge in [-0.05, 0) is 12.1 Å². The van der Waals surface area contributed by atoms with Crippen LogP contribution in [0.2, 0.25) is 5.02 Å². The second kappa shape index (κ2) is 4.10. The highest BCUT2D eigenvalue weighted by atomic mass is 35.5. The molecule has 0 spiro atoms. The summed E-state index contributed by atoms with van der Waals surface area (Å²) >= 11 is 5.73. The first kappa shape index (κ1) is 9.67. The van der Waals surface area contributed by atoms with Crippen molar-refractivity contribution >= 4 is 23.2 Å². The van der Waals surface area contributed by atoms with Crippen LogP contribution in [0, 0.1) is 0 Å². The zero-order valence-electron chi connectivity index (χ0n) is 7.57. The minimum absolute atomic E-state index is 0.244. The predicted molar refractivity (Wildman–Crippen MR) is 55.8 cm³/mol. The van der Waals surface area contributed by atoms with E-state index in [1.54, 1.807) is 24.5 Å². The second-order valence-corrected chi connectivity index (χ2v) is 3.19. The minimum Gasteiger partial charge on any atom is -0.321 e. The molecule has 6 heteroatoms. The van der Waals surface area contributed by atoms with Crippen molar-refractivity contribution < 1.29 is 4.79 Å². The zero-order chi connectivity index (χ0) is 10.7. The third-order valence-corrected chi connectivity index (χ3v) is 2.04. The maximum atomic E-state index is 11.6. The molecule has 0 aromatic carbocycles. The molecule has 2 aromatic heterocycles. The van der Waals surface area contributed by atoms with Gasteiger partial charge in [0.1, 0.15) is 5.69 Å². The van der Waals surface area contributed by atoms with Crippen LogP contribution in [0.4, 0.5) is 5.69 Å². The molecule has 76 valence electrons. The van der Waals surface area contributed by atoms with E-state index in [4.69, 9.17) is 11.6 Å². The molecule has 2 N–H and O–H groups in total. The van der Waals surface area contributed by atoms with Gasteiger partial charge in [-0.3, -0.25) is 14.9 Å². The number of pyridine rings is 1. The number of hydrogen-bond acceptors (Lipinski definition) is 3. The van der Waals surface area contributed by atoms with Gasteiger partial charge in [0.2, 0.25) is 0 Å². The summed E-state index contributed by atoms with van der Waals surface area (Å²) in [4.78, 5) is 15.4. The van der Waals surface area contributed by atoms with Crippen molar-refractivity contribution in [3.8, 4) is 0 Å². The van der Waals surface area contributed by atoms with Crippen LogP contribution in [-0.4, -0.2) is 21.1 Å². The molecule has 0 aliphatic carbocycles. The maximum Gasteiger partial charge on any atom is 0.275 e. The summed E-state index contributed by atoms with van der Waals surface area (Å²) in [6, 6.07) is 3.37. The first-order valence-electron chi connectivity index (χ1n) is 4.17. The van der Waals surface area contributed by atoms with Gasteiger partial charge in [-0.2, -0.15) is 5.10 Å². The summed E-state index contributed by atoms with van der Waals surface area (Å²) < 4.78 is 0. The highest BCUT2D eigenvalue weighted by molar-refractivity contribution is 6.34. The van der Waals surface area contributed by atoms with Crippen molar-refractivity contribution in [3.63, 3.8) is 0 Å². The van der Waals surface area contributed by atoms with E-state index in [9.17, 15) is 4.79 Å². The fraction of sp³-hybridized carbons (Fsp3) is 0. The average Bonchev–Trinajstić information content (AvgIpc) is 2.66. The lowest BCUT2D eigenvalue weighted by molar-refractivity contribution is 0.102. The summed E-state index contributed by atoms with van der Waals surface area (Å²) in [6.07, 6.45) is 4.55. The Balaban J connectivity index is 2.15. The summed E-state index contributed by atoms with van der Waals surface area (Å²) in [7, 11) is 0. The van der Waals surface area contributed by atoms with Gasteiger partial charge in [0.25, 0.3) is 5.91 Å². The average molecular weight is 223 g/mol. The molecule has 15 heavy (non-hydrogen) atoms. The van der Waals surface area contributed by atoms with Crippen LogP contribution < -0.4 is 5.32 Å². The number of carbonyl (C=O) groups excluding carboxylic acids is 1. The number of anilines is 1. The molecule has 1 amide bonds. The number of nitrogens with one attached hydrogen (secondary N) is 2. The van der Waals surface area contributed by atoms with Gasteiger partial charge >= 0.3 is 0 Å². The van der Waals surface area contributed by atoms with E-state index >= 15 is 0 Å². The molecule has 5 nitrogen and oxygen atoms in total. The number of aromatic nitrogens is 3. The Morgan fingerprint density at radius 1 is 1.40 bits per heavy atom. The minimum atomic E-state index is -0.330. The summed E-state index contributed by atoms with van der Waals surface area (Å²) in [5, 5.41) is 9.11. The predicted octanol–water partition coefficient (Wildman–Crippen LogP) is 1.71. The Kier molecular flexibility index (Phi) is 2.64. The van der Waals surface area contributed by atoms with E-state index in [1.807, 2.05) is 0 Å². The summed E-state index contributed by atoms with van der Waals surface area (Å²) in [6.45, 7) is 0. The fourth-order valence-electron chi connectivity index (χ4n) is 1.06. The lowest BCUT2D eigenvalue weighted by Gasteiger charge is -2.02. The van der Waals surface area contributed by atoms with E-state index in [-0.39, 0.29) is 11.6 Å². The van der Waals surface area contributed by atoms with Gasteiger partial charge in [-0.1, -0.05) is 11.6 Å². The van der Waals surface area contributed by atoms with Gasteiger partial charge < -0.3 is 5.32 Å². The van der Waals surface area contributed by atoms with Crippen molar-refractivity contribution in [3.05, 3.63) is 41.4 Å². The monoisotopic (exact) mass is 222 g/mol. The number of aromatic amines is 1. The van der Waals surface area contributed by atoms with Crippen molar-refractivity contribution in [2.45, 2.75) is 0 Å². The molecule has 0 unspecified atom stereocenters. The molecule has 0 aliphatic heterocycles. The highest BCUT2D eigenvalue weighted by Crippen LogP contribution is 2.13.